The molecule has 0 aliphatic carbocycles. The van der Waals surface area contributed by atoms with E-state index in [0.717, 1.165) is 11.3 Å². The van der Waals surface area contributed by atoms with Gasteiger partial charge in [-0.3, -0.25) is 0 Å². The van der Waals surface area contributed by atoms with Gasteiger partial charge in [0.15, 0.2) is 4.21 Å². The molecule has 0 unspecified atom stereocenters. The summed E-state index contributed by atoms with van der Waals surface area (Å²) < 4.78 is 30.5. The lowest BCUT2D eigenvalue weighted by Gasteiger charge is -2.05. The first-order valence-electron chi connectivity index (χ1n) is 5.46. The number of aromatic nitrogens is 4. The molecule has 3 aromatic rings. The van der Waals surface area contributed by atoms with Crippen LogP contribution in [0.3, 0.4) is 0 Å². The second kappa shape index (κ2) is 5.02. The standard InChI is InChI=1S/C11H8N4O3S2/c16-20(17,11-2-1-7-19-11)18-10-5-3-9(4-6-10)15-8-12-13-14-15/h1-8H. The third-order valence-corrected chi connectivity index (χ3v) is 5.00. The van der Waals surface area contributed by atoms with Crippen LogP contribution >= 0.6 is 11.3 Å². The molecule has 2 heterocycles. The fourth-order valence-electron chi connectivity index (χ4n) is 1.51. The van der Waals surface area contributed by atoms with Crippen LogP contribution in [0.15, 0.2) is 52.3 Å². The molecule has 7 nitrogen and oxygen atoms in total. The summed E-state index contributed by atoms with van der Waals surface area (Å²) in [6, 6.07) is 9.56. The molecule has 20 heavy (non-hydrogen) atoms. The maximum Gasteiger partial charge on any atom is 0.348 e. The third kappa shape index (κ3) is 2.53. The van der Waals surface area contributed by atoms with Crippen molar-refractivity contribution in [3.63, 3.8) is 0 Å². The van der Waals surface area contributed by atoms with Crippen LogP contribution in [0.1, 0.15) is 0 Å². The summed E-state index contributed by atoms with van der Waals surface area (Å²) in [7, 11) is -3.77. The second-order valence-corrected chi connectivity index (χ2v) is 6.44. The molecule has 0 aliphatic heterocycles. The van der Waals surface area contributed by atoms with Gasteiger partial charge in [0, 0.05) is 0 Å². The van der Waals surface area contributed by atoms with Crippen molar-refractivity contribution >= 4 is 21.5 Å². The Bertz CT molecular complexity index is 781. The molecule has 0 amide bonds. The summed E-state index contributed by atoms with van der Waals surface area (Å²) in [5, 5.41) is 12.4. The van der Waals surface area contributed by atoms with E-state index in [1.807, 2.05) is 0 Å². The Morgan fingerprint density at radius 3 is 2.55 bits per heavy atom. The molecule has 0 saturated carbocycles. The average Bonchev–Trinajstić information content (AvgIpc) is 3.13. The summed E-state index contributed by atoms with van der Waals surface area (Å²) in [4.78, 5) is 0. The van der Waals surface area contributed by atoms with Gasteiger partial charge in [-0.15, -0.1) is 16.4 Å². The summed E-state index contributed by atoms with van der Waals surface area (Å²) >= 11 is 1.11. The first-order chi connectivity index (χ1) is 9.65. The van der Waals surface area contributed by atoms with Gasteiger partial charge in [-0.25, -0.2) is 4.68 Å². The molecule has 0 bridgehead atoms. The van der Waals surface area contributed by atoms with Crippen molar-refractivity contribution in [1.82, 2.24) is 20.2 Å². The molecule has 102 valence electrons. The SMILES string of the molecule is O=S(=O)(Oc1ccc(-n2cnnn2)cc1)c1cccs1. The van der Waals surface area contributed by atoms with E-state index in [2.05, 4.69) is 15.5 Å². The minimum Gasteiger partial charge on any atom is -0.378 e. The van der Waals surface area contributed by atoms with Crippen LogP contribution in [0.4, 0.5) is 0 Å². The lowest BCUT2D eigenvalue weighted by atomic mass is 10.3. The van der Waals surface area contributed by atoms with Crippen LogP contribution in [0, 0.1) is 0 Å². The Morgan fingerprint density at radius 2 is 1.95 bits per heavy atom. The Hall–Kier alpha value is -2.26. The highest BCUT2D eigenvalue weighted by Gasteiger charge is 2.17. The van der Waals surface area contributed by atoms with E-state index in [9.17, 15) is 8.42 Å². The molecule has 0 spiro atoms. The van der Waals surface area contributed by atoms with E-state index in [1.165, 1.54) is 17.1 Å². The number of thiophene rings is 1. The Labute approximate surface area is 118 Å². The number of hydrogen-bond donors (Lipinski definition) is 0. The summed E-state index contributed by atoms with van der Waals surface area (Å²) in [6.07, 6.45) is 1.44. The van der Waals surface area contributed by atoms with Crippen molar-refractivity contribution in [2.45, 2.75) is 4.21 Å². The number of nitrogens with zero attached hydrogens (tertiary/aromatic N) is 4. The molecule has 0 saturated heterocycles. The van der Waals surface area contributed by atoms with E-state index in [4.69, 9.17) is 4.18 Å². The summed E-state index contributed by atoms with van der Waals surface area (Å²) in [5.41, 5.74) is 0.705. The maximum atomic E-state index is 11.9. The first kappa shape index (κ1) is 12.8. The lowest BCUT2D eigenvalue weighted by molar-refractivity contribution is 0.488. The Kier molecular flexibility index (Phi) is 3.20. The van der Waals surface area contributed by atoms with Crippen molar-refractivity contribution < 1.29 is 12.6 Å². The minimum atomic E-state index is -3.77. The van der Waals surface area contributed by atoms with Gasteiger partial charge >= 0.3 is 10.1 Å². The largest absolute Gasteiger partial charge is 0.378 e. The van der Waals surface area contributed by atoms with E-state index >= 15 is 0 Å². The van der Waals surface area contributed by atoms with Crippen LogP contribution in [0.25, 0.3) is 5.69 Å². The second-order valence-electron chi connectivity index (χ2n) is 3.72. The number of tetrazole rings is 1. The van der Waals surface area contributed by atoms with E-state index in [-0.39, 0.29) is 9.96 Å². The Balaban J connectivity index is 1.83. The van der Waals surface area contributed by atoms with Crippen LogP contribution in [0.5, 0.6) is 5.75 Å². The predicted molar refractivity (Wildman–Crippen MR) is 71.3 cm³/mol. The average molecular weight is 308 g/mol. The first-order valence-corrected chi connectivity index (χ1v) is 7.75. The lowest BCUT2D eigenvalue weighted by Crippen LogP contribution is -2.08. The van der Waals surface area contributed by atoms with Gasteiger partial charge in [0.1, 0.15) is 12.1 Å². The Morgan fingerprint density at radius 1 is 1.15 bits per heavy atom. The molecular weight excluding hydrogens is 300 g/mol. The van der Waals surface area contributed by atoms with Gasteiger partial charge in [-0.2, -0.15) is 8.42 Å². The van der Waals surface area contributed by atoms with Gasteiger partial charge in [0.2, 0.25) is 0 Å². The van der Waals surface area contributed by atoms with Crippen molar-refractivity contribution in [2.75, 3.05) is 0 Å². The smallest absolute Gasteiger partial charge is 0.348 e. The highest BCUT2D eigenvalue weighted by Crippen LogP contribution is 2.22. The number of benzene rings is 1. The molecule has 0 aliphatic rings. The minimum absolute atomic E-state index is 0.169. The zero-order valence-corrected chi connectivity index (χ0v) is 11.6. The van der Waals surface area contributed by atoms with Crippen molar-refractivity contribution in [3.8, 4) is 11.4 Å². The van der Waals surface area contributed by atoms with Gasteiger partial charge < -0.3 is 4.18 Å². The molecule has 0 atom stereocenters. The maximum absolute atomic E-state index is 11.9. The molecule has 1 aromatic carbocycles. The van der Waals surface area contributed by atoms with Gasteiger partial charge in [-0.05, 0) is 46.1 Å². The summed E-state index contributed by atoms with van der Waals surface area (Å²) in [6.45, 7) is 0. The monoisotopic (exact) mass is 308 g/mol. The zero-order valence-electron chi connectivity index (χ0n) is 9.95. The molecule has 2 aromatic heterocycles. The van der Waals surface area contributed by atoms with Gasteiger partial charge in [-0.1, -0.05) is 6.07 Å². The fraction of sp³-hybridized carbons (Fsp3) is 0. The van der Waals surface area contributed by atoms with Gasteiger partial charge in [0.25, 0.3) is 0 Å². The topological polar surface area (TPSA) is 87.0 Å². The van der Waals surface area contributed by atoms with Crippen molar-refractivity contribution in [3.05, 3.63) is 48.1 Å². The highest BCUT2D eigenvalue weighted by molar-refractivity contribution is 7.89. The van der Waals surface area contributed by atoms with Crippen LogP contribution < -0.4 is 4.18 Å². The quantitative estimate of drug-likeness (QED) is 0.679. The molecule has 3 rings (SSSR count). The normalized spacial score (nSPS) is 11.4. The van der Waals surface area contributed by atoms with Crippen LogP contribution in [-0.2, 0) is 10.1 Å². The number of rotatable bonds is 4. The van der Waals surface area contributed by atoms with E-state index < -0.39 is 10.1 Å². The van der Waals surface area contributed by atoms with E-state index in [0.29, 0.717) is 5.69 Å². The number of hydrogen-bond acceptors (Lipinski definition) is 7. The third-order valence-electron chi connectivity index (χ3n) is 2.40. The van der Waals surface area contributed by atoms with Gasteiger partial charge in [0.05, 0.1) is 5.69 Å². The molecule has 0 fully saturated rings. The summed E-state index contributed by atoms with van der Waals surface area (Å²) in [5.74, 6) is 0.232. The zero-order chi connectivity index (χ0) is 14.0. The van der Waals surface area contributed by atoms with Crippen molar-refractivity contribution in [1.29, 1.82) is 0 Å². The fourth-order valence-corrected chi connectivity index (χ4v) is 3.39. The van der Waals surface area contributed by atoms with E-state index in [1.54, 1.807) is 35.7 Å². The predicted octanol–water partition coefficient (Wildman–Crippen LogP) is 1.49. The van der Waals surface area contributed by atoms with Crippen LogP contribution in [-0.4, -0.2) is 28.6 Å². The molecule has 0 N–H and O–H groups in total. The molecular formula is C11H8N4O3S2. The molecule has 0 radical (unpaired) electrons. The van der Waals surface area contributed by atoms with Crippen LogP contribution in [0.2, 0.25) is 0 Å². The van der Waals surface area contributed by atoms with Crippen molar-refractivity contribution in [2.24, 2.45) is 0 Å². The molecule has 9 heteroatoms. The highest BCUT2D eigenvalue weighted by atomic mass is 32.3.